The summed E-state index contributed by atoms with van der Waals surface area (Å²) < 4.78 is 0. The fraction of sp³-hybridized carbons (Fsp3) is 0.421. The van der Waals surface area contributed by atoms with Gasteiger partial charge in [-0.3, -0.25) is 4.79 Å². The maximum absolute atomic E-state index is 12.6. The quantitative estimate of drug-likeness (QED) is 0.897. The zero-order chi connectivity index (χ0) is 18.5. The maximum atomic E-state index is 12.6. The normalized spacial score (nSPS) is 14.9. The molecule has 7 heteroatoms. The van der Waals surface area contributed by atoms with E-state index in [1.165, 1.54) is 11.3 Å². The maximum Gasteiger partial charge on any atom is 0.317 e. The summed E-state index contributed by atoms with van der Waals surface area (Å²) in [6, 6.07) is 7.66. The van der Waals surface area contributed by atoms with Gasteiger partial charge in [0.2, 0.25) is 0 Å². The summed E-state index contributed by atoms with van der Waals surface area (Å²) in [6.07, 6.45) is 1.54. The Morgan fingerprint density at radius 1 is 1.27 bits per heavy atom. The monoisotopic (exact) mass is 372 g/mol. The molecule has 1 N–H and O–H groups in total. The Morgan fingerprint density at radius 3 is 2.58 bits per heavy atom. The minimum atomic E-state index is -0.0960. The van der Waals surface area contributed by atoms with E-state index in [1.54, 1.807) is 17.5 Å². The van der Waals surface area contributed by atoms with Crippen molar-refractivity contribution in [3.05, 3.63) is 52.0 Å². The predicted molar refractivity (Wildman–Crippen MR) is 102 cm³/mol. The molecule has 0 atom stereocenters. The van der Waals surface area contributed by atoms with E-state index >= 15 is 0 Å². The van der Waals surface area contributed by atoms with Gasteiger partial charge in [0.1, 0.15) is 0 Å². The minimum absolute atomic E-state index is 0.0652. The number of thiazole rings is 1. The van der Waals surface area contributed by atoms with Crippen molar-refractivity contribution < 1.29 is 9.59 Å². The van der Waals surface area contributed by atoms with Crippen LogP contribution in [0.5, 0.6) is 0 Å². The van der Waals surface area contributed by atoms with E-state index in [9.17, 15) is 9.59 Å². The molecular formula is C19H24N4O2S. The van der Waals surface area contributed by atoms with Crippen LogP contribution in [0.3, 0.4) is 0 Å². The van der Waals surface area contributed by atoms with Crippen molar-refractivity contribution in [2.75, 3.05) is 20.1 Å². The van der Waals surface area contributed by atoms with E-state index in [2.05, 4.69) is 10.3 Å². The number of aryl methyl sites for hydroxylation is 1. The Hall–Kier alpha value is -2.41. The van der Waals surface area contributed by atoms with Gasteiger partial charge in [0, 0.05) is 37.1 Å². The topological polar surface area (TPSA) is 65.5 Å². The zero-order valence-corrected chi connectivity index (χ0v) is 16.0. The molecule has 0 unspecified atom stereocenters. The average molecular weight is 372 g/mol. The number of carbonyl (C=O) groups is 2. The number of likely N-dealkylation sites (tertiary alicyclic amines) is 1. The fourth-order valence-corrected chi connectivity index (χ4v) is 3.57. The van der Waals surface area contributed by atoms with Gasteiger partial charge in [0.25, 0.3) is 5.91 Å². The molecule has 0 bridgehead atoms. The van der Waals surface area contributed by atoms with Gasteiger partial charge in [0.05, 0.1) is 17.7 Å². The van der Waals surface area contributed by atoms with Gasteiger partial charge in [-0.15, -0.1) is 11.3 Å². The Balaban J connectivity index is 1.46. The summed E-state index contributed by atoms with van der Waals surface area (Å²) in [6.45, 7) is 3.83. The molecule has 0 spiro atoms. The number of rotatable bonds is 4. The van der Waals surface area contributed by atoms with Crippen molar-refractivity contribution >= 4 is 23.3 Å². The van der Waals surface area contributed by atoms with Crippen molar-refractivity contribution in [1.82, 2.24) is 20.1 Å². The Morgan fingerprint density at radius 2 is 1.96 bits per heavy atom. The second-order valence-electron chi connectivity index (χ2n) is 6.72. The van der Waals surface area contributed by atoms with Crippen molar-refractivity contribution in [2.24, 2.45) is 0 Å². The largest absolute Gasteiger partial charge is 0.338 e. The van der Waals surface area contributed by atoms with Gasteiger partial charge >= 0.3 is 6.03 Å². The molecule has 1 aromatic carbocycles. The van der Waals surface area contributed by atoms with E-state index in [0.717, 1.165) is 29.7 Å². The second kappa shape index (κ2) is 8.31. The number of aromatic nitrogens is 1. The summed E-state index contributed by atoms with van der Waals surface area (Å²) >= 11 is 1.52. The second-order valence-corrected chi connectivity index (χ2v) is 7.44. The molecule has 1 aliphatic rings. The Bertz CT molecular complexity index is 737. The molecule has 3 amide bonds. The van der Waals surface area contributed by atoms with Crippen molar-refractivity contribution in [3.8, 4) is 0 Å². The van der Waals surface area contributed by atoms with Gasteiger partial charge in [0.15, 0.2) is 0 Å². The highest BCUT2D eigenvalue weighted by Gasteiger charge is 2.25. The minimum Gasteiger partial charge on any atom is -0.338 e. The fourth-order valence-electron chi connectivity index (χ4n) is 3.02. The number of urea groups is 1. The number of hydrogen-bond donors (Lipinski definition) is 1. The molecule has 0 radical (unpaired) electrons. The van der Waals surface area contributed by atoms with Crippen molar-refractivity contribution in [3.63, 3.8) is 0 Å². The zero-order valence-electron chi connectivity index (χ0n) is 15.1. The Labute approximate surface area is 157 Å². The molecule has 1 aliphatic heterocycles. The van der Waals surface area contributed by atoms with Crippen LogP contribution in [0.2, 0.25) is 0 Å². The summed E-state index contributed by atoms with van der Waals surface area (Å²) in [5.74, 6) is 0.0652. The van der Waals surface area contributed by atoms with Crippen LogP contribution in [-0.4, -0.2) is 52.9 Å². The molecule has 1 fully saturated rings. The lowest BCUT2D eigenvalue weighted by Crippen LogP contribution is -2.49. The SMILES string of the molecule is Cc1ccc(C(=O)N2CCC(NC(=O)N(C)Cc3cscn3)CC2)cc1. The highest BCUT2D eigenvalue weighted by atomic mass is 32.1. The van der Waals surface area contributed by atoms with Crippen molar-refractivity contribution in [1.29, 1.82) is 0 Å². The number of amides is 3. The Kier molecular flexibility index (Phi) is 5.88. The molecule has 6 nitrogen and oxygen atoms in total. The average Bonchev–Trinajstić information content (AvgIpc) is 3.15. The lowest BCUT2D eigenvalue weighted by Gasteiger charge is -2.33. The molecule has 2 heterocycles. The number of nitrogens with zero attached hydrogens (tertiary/aromatic N) is 3. The number of benzene rings is 1. The summed E-state index contributed by atoms with van der Waals surface area (Å²) in [5.41, 5.74) is 4.53. The van der Waals surface area contributed by atoms with E-state index in [4.69, 9.17) is 0 Å². The van der Waals surface area contributed by atoms with Gasteiger partial charge < -0.3 is 15.1 Å². The molecule has 1 aromatic heterocycles. The molecule has 2 aromatic rings. The number of nitrogens with one attached hydrogen (secondary N) is 1. The van der Waals surface area contributed by atoms with Crippen LogP contribution in [0.1, 0.15) is 34.5 Å². The molecule has 1 saturated heterocycles. The third-order valence-electron chi connectivity index (χ3n) is 4.64. The first-order valence-corrected chi connectivity index (χ1v) is 9.72. The van der Waals surface area contributed by atoms with E-state index in [1.807, 2.05) is 41.5 Å². The number of hydrogen-bond acceptors (Lipinski definition) is 4. The summed E-state index contributed by atoms with van der Waals surface area (Å²) in [7, 11) is 1.77. The first-order valence-electron chi connectivity index (χ1n) is 8.77. The van der Waals surface area contributed by atoms with Crippen LogP contribution >= 0.6 is 11.3 Å². The first-order chi connectivity index (χ1) is 12.5. The first kappa shape index (κ1) is 18.4. The summed E-state index contributed by atoms with van der Waals surface area (Å²) in [5, 5.41) is 5.01. The third kappa shape index (κ3) is 4.60. The number of piperidine rings is 1. The van der Waals surface area contributed by atoms with E-state index in [0.29, 0.717) is 19.6 Å². The smallest absolute Gasteiger partial charge is 0.317 e. The molecule has 26 heavy (non-hydrogen) atoms. The highest BCUT2D eigenvalue weighted by Crippen LogP contribution is 2.15. The van der Waals surface area contributed by atoms with Crippen LogP contribution in [-0.2, 0) is 6.54 Å². The van der Waals surface area contributed by atoms with E-state index in [-0.39, 0.29) is 18.0 Å². The molecule has 138 valence electrons. The third-order valence-corrected chi connectivity index (χ3v) is 5.27. The molecule has 3 rings (SSSR count). The van der Waals surface area contributed by atoms with Gasteiger partial charge in [-0.05, 0) is 31.9 Å². The van der Waals surface area contributed by atoms with Crippen molar-refractivity contribution in [2.45, 2.75) is 32.4 Å². The molecule has 0 aliphatic carbocycles. The van der Waals surface area contributed by atoms with Crippen LogP contribution in [0, 0.1) is 6.92 Å². The van der Waals surface area contributed by atoms with Crippen LogP contribution in [0.15, 0.2) is 35.2 Å². The van der Waals surface area contributed by atoms with E-state index < -0.39 is 0 Å². The van der Waals surface area contributed by atoms with Gasteiger partial charge in [-0.1, -0.05) is 17.7 Å². The predicted octanol–water partition coefficient (Wildman–Crippen LogP) is 2.90. The number of carbonyl (C=O) groups excluding carboxylic acids is 2. The van der Waals surface area contributed by atoms with Crippen LogP contribution in [0.25, 0.3) is 0 Å². The van der Waals surface area contributed by atoms with Crippen LogP contribution < -0.4 is 5.32 Å². The molecule has 0 saturated carbocycles. The summed E-state index contributed by atoms with van der Waals surface area (Å²) in [4.78, 5) is 32.6. The molecular weight excluding hydrogens is 348 g/mol. The van der Waals surface area contributed by atoms with Gasteiger partial charge in [-0.25, -0.2) is 9.78 Å². The van der Waals surface area contributed by atoms with Gasteiger partial charge in [-0.2, -0.15) is 0 Å². The lowest BCUT2D eigenvalue weighted by molar-refractivity contribution is 0.0706. The lowest BCUT2D eigenvalue weighted by atomic mass is 10.0. The van der Waals surface area contributed by atoms with Crippen LogP contribution in [0.4, 0.5) is 4.79 Å². The highest BCUT2D eigenvalue weighted by molar-refractivity contribution is 7.07. The standard InChI is InChI=1S/C19H24N4O2S/c1-14-3-5-15(6-4-14)18(24)23-9-7-16(8-10-23)21-19(25)22(2)11-17-12-26-13-20-17/h3-6,12-13,16H,7-11H2,1-2H3,(H,21,25).